The van der Waals surface area contributed by atoms with Crippen LogP contribution in [0, 0.1) is 0 Å². The predicted molar refractivity (Wildman–Crippen MR) is 83.5 cm³/mol. The van der Waals surface area contributed by atoms with Crippen LogP contribution in [0.2, 0.25) is 5.02 Å². The summed E-state index contributed by atoms with van der Waals surface area (Å²) in [4.78, 5) is 16.3. The number of hydrogen-bond donors (Lipinski definition) is 1. The fourth-order valence-electron chi connectivity index (χ4n) is 2.70. The van der Waals surface area contributed by atoms with Gasteiger partial charge in [0.25, 0.3) is 5.89 Å². The highest BCUT2D eigenvalue weighted by Crippen LogP contribution is 2.20. The van der Waals surface area contributed by atoms with E-state index in [2.05, 4.69) is 15.5 Å². The summed E-state index contributed by atoms with van der Waals surface area (Å²) in [7, 11) is 0. The van der Waals surface area contributed by atoms with Gasteiger partial charge in [-0.3, -0.25) is 4.79 Å². The number of rotatable bonds is 4. The molecule has 6 heteroatoms. The van der Waals surface area contributed by atoms with Gasteiger partial charge < -0.3 is 9.84 Å². The average molecular weight is 320 g/mol. The van der Waals surface area contributed by atoms with Gasteiger partial charge in [0.1, 0.15) is 0 Å². The minimum absolute atomic E-state index is 0.0460. The Morgan fingerprint density at radius 2 is 1.95 bits per heavy atom. The van der Waals surface area contributed by atoms with Crippen LogP contribution in [-0.4, -0.2) is 22.1 Å². The number of amides is 1. The molecule has 0 bridgehead atoms. The monoisotopic (exact) mass is 319 g/mol. The van der Waals surface area contributed by atoms with Crippen molar-refractivity contribution in [2.45, 2.75) is 44.6 Å². The van der Waals surface area contributed by atoms with Crippen LogP contribution in [0.15, 0.2) is 28.8 Å². The highest BCUT2D eigenvalue weighted by Gasteiger charge is 2.18. The van der Waals surface area contributed by atoms with E-state index < -0.39 is 0 Å². The van der Waals surface area contributed by atoms with Gasteiger partial charge in [0.05, 0.1) is 6.42 Å². The van der Waals surface area contributed by atoms with E-state index in [0.717, 1.165) is 18.4 Å². The molecule has 2 aromatic rings. The van der Waals surface area contributed by atoms with Crippen molar-refractivity contribution in [3.05, 3.63) is 35.1 Å². The zero-order valence-corrected chi connectivity index (χ0v) is 13.0. The van der Waals surface area contributed by atoms with Crippen molar-refractivity contribution in [1.82, 2.24) is 15.5 Å². The van der Waals surface area contributed by atoms with Crippen LogP contribution in [-0.2, 0) is 11.2 Å². The maximum absolute atomic E-state index is 12.0. The first-order valence-electron chi connectivity index (χ1n) is 7.58. The second-order valence-electron chi connectivity index (χ2n) is 5.60. The first kappa shape index (κ1) is 15.0. The molecule has 1 amide bonds. The summed E-state index contributed by atoms with van der Waals surface area (Å²) in [6.07, 6.45) is 5.92. The first-order valence-corrected chi connectivity index (χ1v) is 7.96. The lowest BCUT2D eigenvalue weighted by Crippen LogP contribution is -2.37. The van der Waals surface area contributed by atoms with Crippen molar-refractivity contribution in [2.75, 3.05) is 0 Å². The molecular formula is C16H18ClN3O2. The van der Waals surface area contributed by atoms with Gasteiger partial charge in [-0.05, 0) is 37.1 Å². The van der Waals surface area contributed by atoms with E-state index >= 15 is 0 Å². The molecule has 1 saturated carbocycles. The Morgan fingerprint density at radius 1 is 1.23 bits per heavy atom. The lowest BCUT2D eigenvalue weighted by atomic mass is 9.95. The smallest absolute Gasteiger partial charge is 0.257 e. The van der Waals surface area contributed by atoms with Crippen molar-refractivity contribution in [2.24, 2.45) is 0 Å². The van der Waals surface area contributed by atoms with E-state index in [4.69, 9.17) is 16.1 Å². The molecule has 5 nitrogen and oxygen atoms in total. The predicted octanol–water partition coefficient (Wildman–Crippen LogP) is 3.38. The third kappa shape index (κ3) is 3.85. The SMILES string of the molecule is O=C(Cc1noc(-c2ccc(Cl)cc2)n1)NC1CCCCC1. The van der Waals surface area contributed by atoms with Crippen LogP contribution in [0.25, 0.3) is 11.5 Å². The molecule has 1 aromatic heterocycles. The Bertz CT molecular complexity index is 633. The molecule has 0 spiro atoms. The van der Waals surface area contributed by atoms with Crippen LogP contribution < -0.4 is 5.32 Å². The summed E-state index contributed by atoms with van der Waals surface area (Å²) in [5.41, 5.74) is 0.788. The summed E-state index contributed by atoms with van der Waals surface area (Å²) in [5.74, 6) is 0.755. The summed E-state index contributed by atoms with van der Waals surface area (Å²) in [6.45, 7) is 0. The van der Waals surface area contributed by atoms with Crippen molar-refractivity contribution in [3.63, 3.8) is 0 Å². The van der Waals surface area contributed by atoms with Crippen LogP contribution >= 0.6 is 11.6 Å². The van der Waals surface area contributed by atoms with Gasteiger partial charge in [0.2, 0.25) is 5.91 Å². The minimum atomic E-state index is -0.0460. The summed E-state index contributed by atoms with van der Waals surface area (Å²) >= 11 is 5.85. The quantitative estimate of drug-likeness (QED) is 0.938. The largest absolute Gasteiger partial charge is 0.353 e. The molecule has 0 radical (unpaired) electrons. The van der Waals surface area contributed by atoms with Gasteiger partial charge in [-0.1, -0.05) is 36.0 Å². The third-order valence-corrected chi connectivity index (χ3v) is 4.10. The highest BCUT2D eigenvalue weighted by atomic mass is 35.5. The van der Waals surface area contributed by atoms with Gasteiger partial charge in [0, 0.05) is 16.6 Å². The lowest BCUT2D eigenvalue weighted by molar-refractivity contribution is -0.121. The number of hydrogen-bond acceptors (Lipinski definition) is 4. The lowest BCUT2D eigenvalue weighted by Gasteiger charge is -2.22. The van der Waals surface area contributed by atoms with Gasteiger partial charge in [-0.15, -0.1) is 0 Å². The molecule has 22 heavy (non-hydrogen) atoms. The molecule has 3 rings (SSSR count). The van der Waals surface area contributed by atoms with Gasteiger partial charge in [0.15, 0.2) is 5.82 Å². The third-order valence-electron chi connectivity index (χ3n) is 3.85. The molecule has 0 aliphatic heterocycles. The van der Waals surface area contributed by atoms with Gasteiger partial charge in [-0.25, -0.2) is 0 Å². The van der Waals surface area contributed by atoms with Crippen molar-refractivity contribution >= 4 is 17.5 Å². The van der Waals surface area contributed by atoms with Crippen molar-refractivity contribution in [1.29, 1.82) is 0 Å². The molecule has 1 heterocycles. The second kappa shape index (κ2) is 6.92. The standard InChI is InChI=1S/C16H18ClN3O2/c17-12-8-6-11(7-9-12)16-19-14(20-22-16)10-15(21)18-13-4-2-1-3-5-13/h6-9,13H,1-5,10H2,(H,18,21). The molecule has 1 fully saturated rings. The van der Waals surface area contributed by atoms with Crippen molar-refractivity contribution in [3.8, 4) is 11.5 Å². The zero-order chi connectivity index (χ0) is 15.4. The summed E-state index contributed by atoms with van der Waals surface area (Å²) < 4.78 is 5.20. The molecule has 0 atom stereocenters. The fraction of sp³-hybridized carbons (Fsp3) is 0.438. The zero-order valence-electron chi connectivity index (χ0n) is 12.2. The number of nitrogens with one attached hydrogen (secondary N) is 1. The van der Waals surface area contributed by atoms with E-state index in [9.17, 15) is 4.79 Å². The van der Waals surface area contributed by atoms with E-state index in [1.165, 1.54) is 19.3 Å². The van der Waals surface area contributed by atoms with Crippen LogP contribution in [0.5, 0.6) is 0 Å². The summed E-state index contributed by atoms with van der Waals surface area (Å²) in [5, 5.41) is 7.56. The molecule has 1 N–H and O–H groups in total. The Kier molecular flexibility index (Phi) is 4.73. The molecule has 0 saturated heterocycles. The number of carbonyl (C=O) groups excluding carboxylic acids is 1. The molecule has 0 unspecified atom stereocenters. The molecule has 1 aliphatic rings. The Balaban J connectivity index is 1.59. The molecule has 1 aliphatic carbocycles. The maximum atomic E-state index is 12.0. The molecule has 116 valence electrons. The van der Waals surface area contributed by atoms with Crippen LogP contribution in [0.3, 0.4) is 0 Å². The topological polar surface area (TPSA) is 68.0 Å². The average Bonchev–Trinajstić information content (AvgIpc) is 2.97. The second-order valence-corrected chi connectivity index (χ2v) is 6.04. The number of halogens is 1. The Labute approximate surface area is 134 Å². The summed E-state index contributed by atoms with van der Waals surface area (Å²) in [6, 6.07) is 7.43. The first-order chi connectivity index (χ1) is 10.7. The van der Waals surface area contributed by atoms with E-state index in [-0.39, 0.29) is 12.3 Å². The number of carbonyl (C=O) groups is 1. The Morgan fingerprint density at radius 3 is 2.68 bits per heavy atom. The van der Waals surface area contributed by atoms with E-state index in [1.807, 2.05) is 12.1 Å². The number of aromatic nitrogens is 2. The minimum Gasteiger partial charge on any atom is -0.353 e. The van der Waals surface area contributed by atoms with Gasteiger partial charge in [-0.2, -0.15) is 4.98 Å². The van der Waals surface area contributed by atoms with Crippen LogP contribution in [0.1, 0.15) is 37.9 Å². The van der Waals surface area contributed by atoms with Crippen LogP contribution in [0.4, 0.5) is 0 Å². The molecular weight excluding hydrogens is 302 g/mol. The van der Waals surface area contributed by atoms with Crippen molar-refractivity contribution < 1.29 is 9.32 Å². The normalized spacial score (nSPS) is 15.7. The van der Waals surface area contributed by atoms with E-state index in [1.54, 1.807) is 12.1 Å². The fourth-order valence-corrected chi connectivity index (χ4v) is 2.83. The molecule has 1 aromatic carbocycles. The number of benzene rings is 1. The Hall–Kier alpha value is -1.88. The van der Waals surface area contributed by atoms with E-state index in [0.29, 0.717) is 22.8 Å². The number of nitrogens with zero attached hydrogens (tertiary/aromatic N) is 2. The maximum Gasteiger partial charge on any atom is 0.257 e. The highest BCUT2D eigenvalue weighted by molar-refractivity contribution is 6.30. The van der Waals surface area contributed by atoms with Gasteiger partial charge >= 0.3 is 0 Å².